The predicted octanol–water partition coefficient (Wildman–Crippen LogP) is 2.75. The fourth-order valence-corrected chi connectivity index (χ4v) is 1.70. The minimum absolute atomic E-state index is 0.305. The maximum Gasteiger partial charge on any atom is 0.188 e. The number of rotatable bonds is 5. The van der Waals surface area contributed by atoms with Crippen LogP contribution in [-0.2, 0) is 6.61 Å². The Balaban J connectivity index is 2.03. The van der Waals surface area contributed by atoms with Crippen molar-refractivity contribution in [2.75, 3.05) is 6.61 Å². The molecule has 0 atom stereocenters. The van der Waals surface area contributed by atoms with E-state index in [-0.39, 0.29) is 5.78 Å². The Morgan fingerprint density at radius 3 is 2.58 bits per heavy atom. The van der Waals surface area contributed by atoms with Gasteiger partial charge in [-0.2, -0.15) is 0 Å². The summed E-state index contributed by atoms with van der Waals surface area (Å²) in [5, 5.41) is 8.82. The van der Waals surface area contributed by atoms with Gasteiger partial charge in [0.25, 0.3) is 0 Å². The number of aliphatic hydroxyl groups is 1. The van der Waals surface area contributed by atoms with Crippen molar-refractivity contribution in [1.82, 2.24) is 0 Å². The number of aliphatic hydroxyl groups excluding tert-OH is 1. The van der Waals surface area contributed by atoms with Crippen LogP contribution >= 0.6 is 0 Å². The number of benzene rings is 2. The smallest absolute Gasteiger partial charge is 0.188 e. The Morgan fingerprint density at radius 2 is 1.89 bits per heavy atom. The summed E-state index contributed by atoms with van der Waals surface area (Å²) in [4.78, 5) is 11.4. The SMILES string of the molecule is Cc1ccc(COc2cccc(C(=O)CO)c2)cc1. The predicted molar refractivity (Wildman–Crippen MR) is 73.4 cm³/mol. The molecule has 0 amide bonds. The first-order valence-corrected chi connectivity index (χ1v) is 6.11. The van der Waals surface area contributed by atoms with Crippen molar-refractivity contribution in [3.8, 4) is 5.75 Å². The van der Waals surface area contributed by atoms with Gasteiger partial charge >= 0.3 is 0 Å². The zero-order valence-electron chi connectivity index (χ0n) is 10.8. The van der Waals surface area contributed by atoms with Crippen molar-refractivity contribution >= 4 is 5.78 Å². The average Bonchev–Trinajstić information content (AvgIpc) is 2.46. The monoisotopic (exact) mass is 256 g/mol. The number of carbonyl (C=O) groups is 1. The summed E-state index contributed by atoms with van der Waals surface area (Å²) in [5.74, 6) is 0.320. The van der Waals surface area contributed by atoms with Crippen molar-refractivity contribution in [2.45, 2.75) is 13.5 Å². The van der Waals surface area contributed by atoms with E-state index < -0.39 is 6.61 Å². The van der Waals surface area contributed by atoms with E-state index in [0.29, 0.717) is 17.9 Å². The molecular weight excluding hydrogens is 240 g/mol. The molecule has 3 heteroatoms. The number of carbonyl (C=O) groups excluding carboxylic acids is 1. The highest BCUT2D eigenvalue weighted by Gasteiger charge is 2.05. The highest BCUT2D eigenvalue weighted by Crippen LogP contribution is 2.15. The second-order valence-electron chi connectivity index (χ2n) is 4.38. The van der Waals surface area contributed by atoms with Gasteiger partial charge in [-0.05, 0) is 24.6 Å². The second-order valence-corrected chi connectivity index (χ2v) is 4.38. The zero-order chi connectivity index (χ0) is 13.7. The maximum atomic E-state index is 11.4. The molecule has 2 aromatic rings. The summed E-state index contributed by atoms with van der Waals surface area (Å²) >= 11 is 0. The van der Waals surface area contributed by atoms with Crippen LogP contribution in [0.25, 0.3) is 0 Å². The summed E-state index contributed by atoms with van der Waals surface area (Å²) in [5.41, 5.74) is 2.74. The van der Waals surface area contributed by atoms with Gasteiger partial charge in [-0.3, -0.25) is 4.79 Å². The number of ether oxygens (including phenoxy) is 1. The first kappa shape index (κ1) is 13.3. The molecule has 0 heterocycles. The van der Waals surface area contributed by atoms with Crippen LogP contribution in [-0.4, -0.2) is 17.5 Å². The van der Waals surface area contributed by atoms with Gasteiger partial charge in [0.2, 0.25) is 0 Å². The number of Topliss-reactive ketones (excluding diaryl/α,β-unsaturated/α-hetero) is 1. The Bertz CT molecular complexity index is 558. The molecular formula is C16H16O3. The molecule has 0 aromatic heterocycles. The Hall–Kier alpha value is -2.13. The molecule has 0 saturated carbocycles. The number of hydrogen-bond donors (Lipinski definition) is 1. The van der Waals surface area contributed by atoms with E-state index in [2.05, 4.69) is 0 Å². The third-order valence-electron chi connectivity index (χ3n) is 2.83. The van der Waals surface area contributed by atoms with Crippen LogP contribution in [0.2, 0.25) is 0 Å². The molecule has 2 rings (SSSR count). The van der Waals surface area contributed by atoms with Crippen LogP contribution in [0.4, 0.5) is 0 Å². The van der Waals surface area contributed by atoms with Gasteiger partial charge in [0.1, 0.15) is 19.0 Å². The summed E-state index contributed by atoms with van der Waals surface area (Å²) in [6.07, 6.45) is 0. The molecule has 0 spiro atoms. The summed E-state index contributed by atoms with van der Waals surface area (Å²) < 4.78 is 5.63. The van der Waals surface area contributed by atoms with Crippen LogP contribution in [0.15, 0.2) is 48.5 Å². The summed E-state index contributed by atoms with van der Waals surface area (Å²) in [7, 11) is 0. The van der Waals surface area contributed by atoms with Gasteiger partial charge in [0.15, 0.2) is 5.78 Å². The molecule has 1 N–H and O–H groups in total. The van der Waals surface area contributed by atoms with Crippen molar-refractivity contribution in [3.63, 3.8) is 0 Å². The minimum Gasteiger partial charge on any atom is -0.489 e. The molecule has 0 saturated heterocycles. The lowest BCUT2D eigenvalue weighted by molar-refractivity contribution is 0.0903. The second kappa shape index (κ2) is 6.16. The van der Waals surface area contributed by atoms with Crippen LogP contribution in [0, 0.1) is 6.92 Å². The fourth-order valence-electron chi connectivity index (χ4n) is 1.70. The fraction of sp³-hybridized carbons (Fsp3) is 0.188. The molecule has 0 aliphatic carbocycles. The first-order chi connectivity index (χ1) is 9.19. The highest BCUT2D eigenvalue weighted by molar-refractivity contribution is 5.97. The van der Waals surface area contributed by atoms with Gasteiger partial charge in [-0.1, -0.05) is 42.0 Å². The van der Waals surface area contributed by atoms with E-state index in [1.54, 1.807) is 24.3 Å². The molecule has 0 aliphatic heterocycles. The molecule has 3 nitrogen and oxygen atoms in total. The van der Waals surface area contributed by atoms with Gasteiger partial charge in [0.05, 0.1) is 0 Å². The van der Waals surface area contributed by atoms with Gasteiger partial charge in [0, 0.05) is 5.56 Å². The number of aryl methyl sites for hydroxylation is 1. The third kappa shape index (κ3) is 3.66. The molecule has 98 valence electrons. The maximum absolute atomic E-state index is 11.4. The average molecular weight is 256 g/mol. The molecule has 0 unspecified atom stereocenters. The van der Waals surface area contributed by atoms with E-state index in [1.165, 1.54) is 5.56 Å². The van der Waals surface area contributed by atoms with E-state index >= 15 is 0 Å². The molecule has 19 heavy (non-hydrogen) atoms. The zero-order valence-corrected chi connectivity index (χ0v) is 10.8. The first-order valence-electron chi connectivity index (χ1n) is 6.11. The van der Waals surface area contributed by atoms with Gasteiger partial charge < -0.3 is 9.84 Å². The summed E-state index contributed by atoms with van der Waals surface area (Å²) in [6, 6.07) is 14.9. The molecule has 0 bridgehead atoms. The largest absolute Gasteiger partial charge is 0.489 e. The van der Waals surface area contributed by atoms with Crippen LogP contribution in [0.5, 0.6) is 5.75 Å². The van der Waals surface area contributed by atoms with E-state index in [0.717, 1.165) is 5.56 Å². The Morgan fingerprint density at radius 1 is 1.16 bits per heavy atom. The molecule has 0 fully saturated rings. The standard InChI is InChI=1S/C16H16O3/c1-12-5-7-13(8-6-12)11-19-15-4-2-3-14(9-15)16(18)10-17/h2-9,17H,10-11H2,1H3. The van der Waals surface area contributed by atoms with Gasteiger partial charge in [-0.15, -0.1) is 0 Å². The Kier molecular flexibility index (Phi) is 4.31. The van der Waals surface area contributed by atoms with E-state index in [9.17, 15) is 4.79 Å². The van der Waals surface area contributed by atoms with Crippen LogP contribution < -0.4 is 4.74 Å². The van der Waals surface area contributed by atoms with Crippen LogP contribution in [0.1, 0.15) is 21.5 Å². The number of ketones is 1. The van der Waals surface area contributed by atoms with Crippen LogP contribution in [0.3, 0.4) is 0 Å². The van der Waals surface area contributed by atoms with Crippen molar-refractivity contribution in [2.24, 2.45) is 0 Å². The van der Waals surface area contributed by atoms with Crippen molar-refractivity contribution in [3.05, 3.63) is 65.2 Å². The molecule has 2 aromatic carbocycles. The lowest BCUT2D eigenvalue weighted by atomic mass is 10.1. The quantitative estimate of drug-likeness (QED) is 0.837. The van der Waals surface area contributed by atoms with E-state index in [4.69, 9.17) is 9.84 Å². The highest BCUT2D eigenvalue weighted by atomic mass is 16.5. The normalized spacial score (nSPS) is 10.2. The lowest BCUT2D eigenvalue weighted by Gasteiger charge is -2.07. The topological polar surface area (TPSA) is 46.5 Å². The van der Waals surface area contributed by atoms with E-state index in [1.807, 2.05) is 31.2 Å². The molecule has 0 radical (unpaired) electrons. The third-order valence-corrected chi connectivity index (χ3v) is 2.83. The Labute approximate surface area is 112 Å². The van der Waals surface area contributed by atoms with Gasteiger partial charge in [-0.25, -0.2) is 0 Å². The van der Waals surface area contributed by atoms with Crippen molar-refractivity contribution < 1.29 is 14.6 Å². The molecule has 0 aliphatic rings. The summed E-state index contributed by atoms with van der Waals surface area (Å²) in [6.45, 7) is 2.01. The number of hydrogen-bond acceptors (Lipinski definition) is 3. The van der Waals surface area contributed by atoms with Crippen molar-refractivity contribution in [1.29, 1.82) is 0 Å². The minimum atomic E-state index is -0.485. The lowest BCUT2D eigenvalue weighted by Crippen LogP contribution is -2.04.